The quantitative estimate of drug-likeness (QED) is 0.173. The lowest BCUT2D eigenvalue weighted by Gasteiger charge is -2.20. The standard InChI is InChI=1S/C50H30O2/c1-2-13-31(14-3-1)35-17-4-5-18-36(35)48-39-21-8-6-19-37(39)47(38-20-7-9-22-40(38)48)34-16-12-15-32(29-34)33-25-26-42-46(30-33)52-45-28-27-44-49(50(42)45)41-23-10-11-24-43(41)51-44/h1-30H/i1D,2D,3D,4D,5D,6D,7D,8D,9D,13D,14D,17D,18D,19D,20D,21D,22D. The van der Waals surface area contributed by atoms with Gasteiger partial charge in [-0.2, -0.15) is 0 Å². The van der Waals surface area contributed by atoms with Crippen molar-refractivity contribution < 1.29 is 32.1 Å². The molecule has 0 aliphatic rings. The van der Waals surface area contributed by atoms with Gasteiger partial charge in [-0.3, -0.25) is 0 Å². The average Bonchev–Trinajstić information content (AvgIpc) is 3.93. The van der Waals surface area contributed by atoms with E-state index in [0.717, 1.165) is 27.1 Å². The molecular weight excluding hydrogens is 633 g/mol. The van der Waals surface area contributed by atoms with Crippen LogP contribution in [-0.2, 0) is 0 Å². The summed E-state index contributed by atoms with van der Waals surface area (Å²) in [6, 6.07) is 10.5. The number of fused-ring (bicyclic) bond motifs is 9. The Kier molecular flexibility index (Phi) is 3.67. The number of hydrogen-bond acceptors (Lipinski definition) is 2. The third kappa shape index (κ3) is 4.31. The molecule has 9 aromatic carbocycles. The van der Waals surface area contributed by atoms with Crippen LogP contribution in [0.5, 0.6) is 0 Å². The van der Waals surface area contributed by atoms with Gasteiger partial charge in [-0.05, 0) is 102 Å². The lowest BCUT2D eigenvalue weighted by atomic mass is 9.83. The number of benzene rings is 9. The highest BCUT2D eigenvalue weighted by Gasteiger charge is 2.20. The zero-order chi connectivity index (χ0) is 49.0. The van der Waals surface area contributed by atoms with Crippen molar-refractivity contribution >= 4 is 65.4 Å². The first-order chi connectivity index (χ1) is 32.8. The zero-order valence-electron chi connectivity index (χ0n) is 43.8. The molecule has 0 N–H and O–H groups in total. The Labute approximate surface area is 323 Å². The van der Waals surface area contributed by atoms with Gasteiger partial charge in [0.15, 0.2) is 0 Å². The van der Waals surface area contributed by atoms with Gasteiger partial charge < -0.3 is 8.83 Å². The van der Waals surface area contributed by atoms with Gasteiger partial charge in [0.2, 0.25) is 0 Å². The second kappa shape index (κ2) is 11.3. The van der Waals surface area contributed by atoms with Crippen LogP contribution in [0, 0.1) is 0 Å². The van der Waals surface area contributed by atoms with Crippen LogP contribution in [0.4, 0.5) is 0 Å². The van der Waals surface area contributed by atoms with E-state index in [2.05, 4.69) is 0 Å². The van der Waals surface area contributed by atoms with Gasteiger partial charge in [-0.1, -0.05) is 145 Å². The monoisotopic (exact) mass is 679 g/mol. The molecule has 242 valence electrons. The summed E-state index contributed by atoms with van der Waals surface area (Å²) in [6.45, 7) is 0. The molecule has 2 heteroatoms. The van der Waals surface area contributed by atoms with E-state index >= 15 is 0 Å². The summed E-state index contributed by atoms with van der Waals surface area (Å²) in [5, 5.41) is 2.18. The molecule has 52 heavy (non-hydrogen) atoms. The molecule has 0 atom stereocenters. The molecule has 2 nitrogen and oxygen atoms in total. The highest BCUT2D eigenvalue weighted by Crippen LogP contribution is 2.47. The fraction of sp³-hybridized carbons (Fsp3) is 0. The molecular formula is C50H30O2. The molecule has 0 fully saturated rings. The Balaban J connectivity index is 1.27. The van der Waals surface area contributed by atoms with Crippen LogP contribution in [0.3, 0.4) is 0 Å². The Bertz CT molecular complexity index is 4060. The molecule has 0 spiro atoms. The lowest BCUT2D eigenvalue weighted by molar-refractivity contribution is 0.663. The van der Waals surface area contributed by atoms with Crippen molar-refractivity contribution in [2.45, 2.75) is 0 Å². The van der Waals surface area contributed by atoms with Crippen LogP contribution in [0.2, 0.25) is 0 Å². The maximum absolute atomic E-state index is 9.48. The molecule has 0 unspecified atom stereocenters. The molecule has 0 aliphatic heterocycles. The van der Waals surface area contributed by atoms with E-state index in [-0.39, 0.29) is 21.9 Å². The summed E-state index contributed by atoms with van der Waals surface area (Å²) < 4.78 is 165. The second-order valence-electron chi connectivity index (χ2n) is 12.3. The maximum Gasteiger partial charge on any atom is 0.136 e. The van der Waals surface area contributed by atoms with Crippen molar-refractivity contribution in [1.82, 2.24) is 0 Å². The van der Waals surface area contributed by atoms with E-state index in [1.165, 1.54) is 0 Å². The van der Waals surface area contributed by atoms with E-state index < -0.39 is 136 Å². The van der Waals surface area contributed by atoms with Crippen molar-refractivity contribution in [1.29, 1.82) is 0 Å². The smallest absolute Gasteiger partial charge is 0.136 e. The first kappa shape index (κ1) is 16.9. The van der Waals surface area contributed by atoms with Gasteiger partial charge in [0.25, 0.3) is 0 Å². The van der Waals surface area contributed by atoms with Gasteiger partial charge in [0.05, 0.1) is 23.3 Å². The van der Waals surface area contributed by atoms with Crippen LogP contribution in [-0.4, -0.2) is 0 Å². The lowest BCUT2D eigenvalue weighted by Crippen LogP contribution is -1.92. The topological polar surface area (TPSA) is 26.3 Å². The number of hydrogen-bond donors (Lipinski definition) is 0. The van der Waals surface area contributed by atoms with Crippen molar-refractivity contribution in [3.8, 4) is 44.5 Å². The van der Waals surface area contributed by atoms with E-state index in [0.29, 0.717) is 27.9 Å². The predicted molar refractivity (Wildman–Crippen MR) is 218 cm³/mol. The van der Waals surface area contributed by atoms with Crippen LogP contribution >= 0.6 is 0 Å². The minimum atomic E-state index is -0.867. The molecule has 11 aromatic rings. The normalized spacial score (nSPS) is 16.4. The minimum Gasteiger partial charge on any atom is -0.456 e. The van der Waals surface area contributed by atoms with E-state index in [1.54, 1.807) is 24.3 Å². The third-order valence-electron chi connectivity index (χ3n) is 9.52. The average molecular weight is 680 g/mol. The summed E-state index contributed by atoms with van der Waals surface area (Å²) in [5.74, 6) is 0. The van der Waals surface area contributed by atoms with Gasteiger partial charge in [-0.25, -0.2) is 0 Å². The fourth-order valence-electron chi connectivity index (χ4n) is 7.34. The Morgan fingerprint density at radius 2 is 0.885 bits per heavy atom. The molecule has 0 saturated carbocycles. The van der Waals surface area contributed by atoms with Crippen molar-refractivity contribution in [3.63, 3.8) is 0 Å². The zero-order valence-corrected chi connectivity index (χ0v) is 26.8. The summed E-state index contributed by atoms with van der Waals surface area (Å²) in [6.07, 6.45) is 0. The molecule has 0 bridgehead atoms. The Hall–Kier alpha value is -6.90. The third-order valence-corrected chi connectivity index (χ3v) is 9.52. The molecule has 0 radical (unpaired) electrons. The van der Waals surface area contributed by atoms with Gasteiger partial charge in [-0.15, -0.1) is 0 Å². The van der Waals surface area contributed by atoms with Gasteiger partial charge in [0, 0.05) is 21.5 Å². The van der Waals surface area contributed by atoms with Crippen molar-refractivity contribution in [2.75, 3.05) is 0 Å². The number of rotatable bonds is 4. The van der Waals surface area contributed by atoms with E-state index in [1.807, 2.05) is 54.6 Å². The van der Waals surface area contributed by atoms with Crippen LogP contribution in [0.25, 0.3) is 110 Å². The van der Waals surface area contributed by atoms with E-state index in [9.17, 15) is 8.22 Å². The summed E-state index contributed by atoms with van der Waals surface area (Å²) in [4.78, 5) is 0. The number of furan rings is 2. The SMILES string of the molecule is [2H]c1c([2H])c([2H])c(-c2c([2H])c([2H])c([2H])c([2H])c2-c2c3c([2H])c([2H])c([2H])c([2H])c3c(-c3cccc(-c4ccc5c(c4)oc4ccc6oc7ccccc7c6c45)c3)c3c([2H])c([2H])c([2H])c([2H])c23)c([2H])c1[2H]. The fourth-order valence-corrected chi connectivity index (χ4v) is 7.34. The summed E-state index contributed by atoms with van der Waals surface area (Å²) in [7, 11) is 0. The van der Waals surface area contributed by atoms with Crippen molar-refractivity contribution in [2.24, 2.45) is 0 Å². The molecule has 0 amide bonds. The van der Waals surface area contributed by atoms with Gasteiger partial charge in [0.1, 0.15) is 22.3 Å². The molecule has 2 aromatic heterocycles. The molecule has 0 aliphatic carbocycles. The summed E-state index contributed by atoms with van der Waals surface area (Å²) in [5.41, 5.74) is 1.67. The van der Waals surface area contributed by atoms with Crippen LogP contribution in [0.1, 0.15) is 23.3 Å². The summed E-state index contributed by atoms with van der Waals surface area (Å²) >= 11 is 0. The Morgan fingerprint density at radius 3 is 1.62 bits per heavy atom. The molecule has 11 rings (SSSR count). The highest BCUT2D eigenvalue weighted by molar-refractivity contribution is 6.26. The minimum absolute atomic E-state index is 0.0474. The predicted octanol–water partition coefficient (Wildman–Crippen LogP) is 14.5. The van der Waals surface area contributed by atoms with Crippen molar-refractivity contribution in [3.05, 3.63) is 182 Å². The second-order valence-corrected chi connectivity index (χ2v) is 12.3. The molecule has 2 heterocycles. The van der Waals surface area contributed by atoms with E-state index in [4.69, 9.17) is 23.9 Å². The van der Waals surface area contributed by atoms with Gasteiger partial charge >= 0.3 is 0 Å². The van der Waals surface area contributed by atoms with Crippen LogP contribution < -0.4 is 0 Å². The highest BCUT2D eigenvalue weighted by atomic mass is 16.3. The first-order valence-corrected chi connectivity index (χ1v) is 16.4. The largest absolute Gasteiger partial charge is 0.456 e. The number of para-hydroxylation sites is 1. The first-order valence-electron chi connectivity index (χ1n) is 24.9. The molecule has 0 saturated heterocycles. The maximum atomic E-state index is 9.48. The Morgan fingerprint density at radius 1 is 0.327 bits per heavy atom. The van der Waals surface area contributed by atoms with Crippen LogP contribution in [0.15, 0.2) is 190 Å².